The van der Waals surface area contributed by atoms with E-state index in [1.54, 1.807) is 0 Å². The van der Waals surface area contributed by atoms with Crippen LogP contribution in [0.5, 0.6) is 0 Å². The SMILES string of the molecule is C1C[C@H]2CNC[C@H]1N2. The molecular weight excluding hydrogens is 100 g/mol. The molecule has 2 saturated heterocycles. The van der Waals surface area contributed by atoms with Gasteiger partial charge in [0, 0.05) is 25.2 Å². The van der Waals surface area contributed by atoms with Crippen molar-refractivity contribution in [3.8, 4) is 0 Å². The Balaban J connectivity index is 2.03. The molecule has 2 fully saturated rings. The van der Waals surface area contributed by atoms with Crippen LogP contribution in [0.1, 0.15) is 12.8 Å². The first-order valence-electron chi connectivity index (χ1n) is 3.42. The second kappa shape index (κ2) is 1.71. The fourth-order valence-corrected chi connectivity index (χ4v) is 1.66. The molecule has 2 aliphatic rings. The molecule has 2 nitrogen and oxygen atoms in total. The van der Waals surface area contributed by atoms with Gasteiger partial charge in [-0.25, -0.2) is 0 Å². The van der Waals surface area contributed by atoms with Crippen molar-refractivity contribution in [3.05, 3.63) is 0 Å². The van der Waals surface area contributed by atoms with Gasteiger partial charge in [0.15, 0.2) is 0 Å². The smallest absolute Gasteiger partial charge is 0.0196 e. The van der Waals surface area contributed by atoms with E-state index in [-0.39, 0.29) is 0 Å². The molecule has 0 aromatic carbocycles. The Kier molecular flexibility index (Phi) is 1.02. The first-order chi connectivity index (χ1) is 3.95. The number of hydrogen-bond donors (Lipinski definition) is 2. The van der Waals surface area contributed by atoms with Crippen molar-refractivity contribution in [3.63, 3.8) is 0 Å². The summed E-state index contributed by atoms with van der Waals surface area (Å²) in [4.78, 5) is 0. The Hall–Kier alpha value is -0.0800. The topological polar surface area (TPSA) is 24.1 Å². The maximum atomic E-state index is 3.53. The molecule has 2 N–H and O–H groups in total. The Morgan fingerprint density at radius 2 is 1.62 bits per heavy atom. The Morgan fingerprint density at radius 3 is 2.12 bits per heavy atom. The molecule has 0 aromatic rings. The van der Waals surface area contributed by atoms with Crippen LogP contribution < -0.4 is 10.6 Å². The maximum Gasteiger partial charge on any atom is 0.0196 e. The molecule has 2 heteroatoms. The third kappa shape index (κ3) is 0.644. The van der Waals surface area contributed by atoms with E-state index in [0.29, 0.717) is 0 Å². The van der Waals surface area contributed by atoms with E-state index < -0.39 is 0 Å². The molecule has 2 aliphatic heterocycles. The zero-order chi connectivity index (χ0) is 5.40. The van der Waals surface area contributed by atoms with Gasteiger partial charge in [-0.1, -0.05) is 0 Å². The molecule has 0 aromatic heterocycles. The highest BCUT2D eigenvalue weighted by Gasteiger charge is 2.26. The summed E-state index contributed by atoms with van der Waals surface area (Å²) in [6.45, 7) is 2.38. The van der Waals surface area contributed by atoms with Crippen molar-refractivity contribution in [2.75, 3.05) is 13.1 Å². The van der Waals surface area contributed by atoms with Gasteiger partial charge in [0.2, 0.25) is 0 Å². The molecule has 2 rings (SSSR count). The van der Waals surface area contributed by atoms with Gasteiger partial charge in [-0.15, -0.1) is 0 Å². The summed E-state index contributed by atoms with van der Waals surface area (Å²) in [5.41, 5.74) is 0. The standard InChI is InChI=1S/C6H12N2/c1-2-6-4-7-3-5(1)8-6/h5-8H,1-4H2/t5-,6-/m0/s1. The molecule has 0 spiro atoms. The molecule has 2 atom stereocenters. The minimum absolute atomic E-state index is 0.800. The van der Waals surface area contributed by atoms with Crippen molar-refractivity contribution < 1.29 is 0 Å². The minimum Gasteiger partial charge on any atom is -0.314 e. The Morgan fingerprint density at radius 1 is 1.00 bits per heavy atom. The lowest BCUT2D eigenvalue weighted by Gasteiger charge is -2.21. The molecule has 0 amide bonds. The first kappa shape index (κ1) is 4.77. The van der Waals surface area contributed by atoms with Crippen LogP contribution in [0.3, 0.4) is 0 Å². The van der Waals surface area contributed by atoms with E-state index in [4.69, 9.17) is 0 Å². The molecule has 0 unspecified atom stereocenters. The molecule has 0 aliphatic carbocycles. The quantitative estimate of drug-likeness (QED) is 0.450. The summed E-state index contributed by atoms with van der Waals surface area (Å²) in [7, 11) is 0. The van der Waals surface area contributed by atoms with E-state index in [1.807, 2.05) is 0 Å². The Bertz CT molecular complexity index is 78.5. The van der Waals surface area contributed by atoms with Gasteiger partial charge in [-0.3, -0.25) is 0 Å². The highest BCUT2D eigenvalue weighted by atomic mass is 15.1. The first-order valence-corrected chi connectivity index (χ1v) is 3.42. The van der Waals surface area contributed by atoms with Crippen LogP contribution in [-0.4, -0.2) is 25.2 Å². The summed E-state index contributed by atoms with van der Waals surface area (Å²) in [5, 5.41) is 6.91. The summed E-state index contributed by atoms with van der Waals surface area (Å²) < 4.78 is 0. The molecule has 2 bridgehead atoms. The molecule has 2 heterocycles. The van der Waals surface area contributed by atoms with Crippen molar-refractivity contribution in [2.24, 2.45) is 0 Å². The van der Waals surface area contributed by atoms with E-state index in [2.05, 4.69) is 10.6 Å². The minimum atomic E-state index is 0.800. The third-order valence-corrected chi connectivity index (χ3v) is 2.12. The predicted molar refractivity (Wildman–Crippen MR) is 32.8 cm³/mol. The van der Waals surface area contributed by atoms with Gasteiger partial charge in [0.1, 0.15) is 0 Å². The van der Waals surface area contributed by atoms with Crippen LogP contribution in [-0.2, 0) is 0 Å². The molecule has 46 valence electrons. The Labute approximate surface area is 49.7 Å². The van der Waals surface area contributed by atoms with Crippen LogP contribution in [0.15, 0.2) is 0 Å². The number of nitrogens with one attached hydrogen (secondary N) is 2. The third-order valence-electron chi connectivity index (χ3n) is 2.12. The van der Waals surface area contributed by atoms with Crippen molar-refractivity contribution in [1.29, 1.82) is 0 Å². The van der Waals surface area contributed by atoms with Gasteiger partial charge >= 0.3 is 0 Å². The van der Waals surface area contributed by atoms with Crippen LogP contribution >= 0.6 is 0 Å². The maximum absolute atomic E-state index is 3.53. The van der Waals surface area contributed by atoms with E-state index >= 15 is 0 Å². The second-order valence-electron chi connectivity index (χ2n) is 2.80. The van der Waals surface area contributed by atoms with Gasteiger partial charge in [0.25, 0.3) is 0 Å². The zero-order valence-electron chi connectivity index (χ0n) is 4.98. The van der Waals surface area contributed by atoms with Crippen LogP contribution in [0.2, 0.25) is 0 Å². The predicted octanol–water partition coefficient (Wildman–Crippen LogP) is -0.290. The molecule has 0 radical (unpaired) electrons. The summed E-state index contributed by atoms with van der Waals surface area (Å²) >= 11 is 0. The van der Waals surface area contributed by atoms with Gasteiger partial charge < -0.3 is 10.6 Å². The summed E-state index contributed by atoms with van der Waals surface area (Å²) in [6.07, 6.45) is 2.77. The molecular formula is C6H12N2. The van der Waals surface area contributed by atoms with Crippen molar-refractivity contribution in [1.82, 2.24) is 10.6 Å². The second-order valence-corrected chi connectivity index (χ2v) is 2.80. The largest absolute Gasteiger partial charge is 0.314 e. The monoisotopic (exact) mass is 112 g/mol. The van der Waals surface area contributed by atoms with Crippen LogP contribution in [0.4, 0.5) is 0 Å². The molecule has 0 saturated carbocycles. The van der Waals surface area contributed by atoms with Gasteiger partial charge in [-0.05, 0) is 12.8 Å². The van der Waals surface area contributed by atoms with E-state index in [1.165, 1.54) is 25.9 Å². The average molecular weight is 112 g/mol. The average Bonchev–Trinajstić information content (AvgIpc) is 2.12. The van der Waals surface area contributed by atoms with Crippen molar-refractivity contribution >= 4 is 0 Å². The fourth-order valence-electron chi connectivity index (χ4n) is 1.66. The summed E-state index contributed by atoms with van der Waals surface area (Å²) in [6, 6.07) is 1.60. The summed E-state index contributed by atoms with van der Waals surface area (Å²) in [5.74, 6) is 0. The number of hydrogen-bond acceptors (Lipinski definition) is 2. The highest BCUT2D eigenvalue weighted by molar-refractivity contribution is 4.90. The zero-order valence-corrected chi connectivity index (χ0v) is 4.98. The van der Waals surface area contributed by atoms with Gasteiger partial charge in [-0.2, -0.15) is 0 Å². The van der Waals surface area contributed by atoms with Gasteiger partial charge in [0.05, 0.1) is 0 Å². The number of fused-ring (bicyclic) bond motifs is 2. The molecule has 8 heavy (non-hydrogen) atoms. The van der Waals surface area contributed by atoms with E-state index in [9.17, 15) is 0 Å². The lowest BCUT2D eigenvalue weighted by Crippen LogP contribution is -2.48. The lowest BCUT2D eigenvalue weighted by molar-refractivity contribution is 0.423. The van der Waals surface area contributed by atoms with E-state index in [0.717, 1.165) is 12.1 Å². The van der Waals surface area contributed by atoms with Crippen LogP contribution in [0, 0.1) is 0 Å². The highest BCUT2D eigenvalue weighted by Crippen LogP contribution is 2.13. The number of piperazine rings is 1. The van der Waals surface area contributed by atoms with Crippen molar-refractivity contribution in [2.45, 2.75) is 24.9 Å². The lowest BCUT2D eigenvalue weighted by atomic mass is 10.2. The van der Waals surface area contributed by atoms with Crippen LogP contribution in [0.25, 0.3) is 0 Å². The fraction of sp³-hybridized carbons (Fsp3) is 1.00. The number of rotatable bonds is 0. The normalized spacial score (nSPS) is 45.0.